The molecule has 1 aliphatic rings. The fraction of sp³-hybridized carbons (Fsp3) is 0.714. The average molecular weight is 248 g/mol. The van der Waals surface area contributed by atoms with Crippen molar-refractivity contribution in [1.29, 1.82) is 0 Å². The Kier molecular flexibility index (Phi) is 4.30. The Bertz CT molecular complexity index is 387. The number of aromatic nitrogens is 2. The van der Waals surface area contributed by atoms with Crippen LogP contribution in [0.3, 0.4) is 0 Å². The number of nitrogens with zero attached hydrogens (tertiary/aromatic N) is 3. The van der Waals surface area contributed by atoms with Crippen molar-refractivity contribution >= 4 is 0 Å². The molecule has 1 aromatic rings. The highest BCUT2D eigenvalue weighted by molar-refractivity contribution is 5.23. The Morgan fingerprint density at radius 2 is 1.67 bits per heavy atom. The third-order valence-corrected chi connectivity index (χ3v) is 3.93. The van der Waals surface area contributed by atoms with Crippen LogP contribution < -0.4 is 5.32 Å². The molecule has 0 aliphatic carbocycles. The molecule has 1 aromatic heterocycles. The van der Waals surface area contributed by atoms with E-state index < -0.39 is 0 Å². The maximum atomic E-state index is 4.71. The minimum atomic E-state index is 0.366. The van der Waals surface area contributed by atoms with Gasteiger partial charge in [0, 0.05) is 37.6 Å². The summed E-state index contributed by atoms with van der Waals surface area (Å²) in [6, 6.07) is 0.366. The van der Waals surface area contributed by atoms with E-state index in [-0.39, 0.29) is 0 Å². The molecule has 100 valence electrons. The van der Waals surface area contributed by atoms with Gasteiger partial charge >= 0.3 is 0 Å². The summed E-state index contributed by atoms with van der Waals surface area (Å²) in [5, 5.41) is 3.39. The highest BCUT2D eigenvalue weighted by Gasteiger charge is 2.23. The van der Waals surface area contributed by atoms with Gasteiger partial charge in [-0.15, -0.1) is 0 Å². The van der Waals surface area contributed by atoms with E-state index in [1.54, 1.807) is 0 Å². The van der Waals surface area contributed by atoms with Crippen molar-refractivity contribution in [2.75, 3.05) is 26.2 Å². The molecule has 4 heteroatoms. The standard InChI is InChI=1S/C14H24N4/c1-5-13(18-8-6-15-7-9-18)14-16-11(3)10(2)12(4)17-14/h13,15H,5-9H2,1-4H3. The molecule has 1 N–H and O–H groups in total. The van der Waals surface area contributed by atoms with Crippen molar-refractivity contribution < 1.29 is 0 Å². The van der Waals surface area contributed by atoms with E-state index in [2.05, 4.69) is 37.9 Å². The molecule has 0 bridgehead atoms. The smallest absolute Gasteiger partial charge is 0.145 e. The zero-order valence-corrected chi connectivity index (χ0v) is 12.0. The van der Waals surface area contributed by atoms with Gasteiger partial charge in [-0.3, -0.25) is 4.90 Å². The van der Waals surface area contributed by atoms with Gasteiger partial charge in [-0.1, -0.05) is 6.92 Å². The molecule has 1 saturated heterocycles. The molecule has 2 heterocycles. The molecule has 0 saturated carbocycles. The quantitative estimate of drug-likeness (QED) is 0.885. The van der Waals surface area contributed by atoms with Crippen LogP contribution in [0.4, 0.5) is 0 Å². The van der Waals surface area contributed by atoms with Crippen molar-refractivity contribution in [2.45, 2.75) is 40.2 Å². The van der Waals surface area contributed by atoms with Crippen LogP contribution in [0, 0.1) is 20.8 Å². The number of hydrogen-bond donors (Lipinski definition) is 1. The second kappa shape index (κ2) is 5.76. The largest absolute Gasteiger partial charge is 0.314 e. The predicted molar refractivity (Wildman–Crippen MR) is 73.7 cm³/mol. The summed E-state index contributed by atoms with van der Waals surface area (Å²) >= 11 is 0. The lowest BCUT2D eigenvalue weighted by atomic mass is 10.1. The summed E-state index contributed by atoms with van der Waals surface area (Å²) in [4.78, 5) is 11.9. The molecule has 1 fully saturated rings. The molecule has 0 radical (unpaired) electrons. The second-order valence-electron chi connectivity index (χ2n) is 5.09. The molecular weight excluding hydrogens is 224 g/mol. The Balaban J connectivity index is 2.26. The van der Waals surface area contributed by atoms with Crippen LogP contribution >= 0.6 is 0 Å². The molecule has 0 spiro atoms. The van der Waals surface area contributed by atoms with Gasteiger partial charge in [-0.05, 0) is 32.8 Å². The normalized spacial score (nSPS) is 18.9. The lowest BCUT2D eigenvalue weighted by Crippen LogP contribution is -2.45. The zero-order chi connectivity index (χ0) is 13.1. The van der Waals surface area contributed by atoms with E-state index in [0.717, 1.165) is 49.8 Å². The molecule has 4 nitrogen and oxygen atoms in total. The summed E-state index contributed by atoms with van der Waals surface area (Å²) in [7, 11) is 0. The average Bonchev–Trinajstić information content (AvgIpc) is 2.38. The van der Waals surface area contributed by atoms with Gasteiger partial charge in [0.1, 0.15) is 5.82 Å². The van der Waals surface area contributed by atoms with Crippen molar-refractivity contribution in [3.05, 3.63) is 22.8 Å². The fourth-order valence-electron chi connectivity index (χ4n) is 2.55. The van der Waals surface area contributed by atoms with E-state index in [1.165, 1.54) is 5.56 Å². The minimum Gasteiger partial charge on any atom is -0.314 e. The Morgan fingerprint density at radius 1 is 1.11 bits per heavy atom. The lowest BCUT2D eigenvalue weighted by Gasteiger charge is -2.33. The molecule has 18 heavy (non-hydrogen) atoms. The maximum Gasteiger partial charge on any atom is 0.145 e. The molecule has 0 aromatic carbocycles. The minimum absolute atomic E-state index is 0.366. The van der Waals surface area contributed by atoms with Crippen LogP contribution in [0.2, 0.25) is 0 Å². The molecule has 1 aliphatic heterocycles. The third-order valence-electron chi connectivity index (χ3n) is 3.93. The molecule has 2 rings (SSSR count). The summed E-state index contributed by atoms with van der Waals surface area (Å²) in [6.45, 7) is 12.8. The number of piperazine rings is 1. The van der Waals surface area contributed by atoms with Crippen LogP contribution in [-0.2, 0) is 0 Å². The number of hydrogen-bond acceptors (Lipinski definition) is 4. The van der Waals surface area contributed by atoms with Crippen LogP contribution in [0.1, 0.15) is 42.2 Å². The van der Waals surface area contributed by atoms with E-state index in [1.807, 2.05) is 0 Å². The molecule has 1 atom stereocenters. The monoisotopic (exact) mass is 248 g/mol. The summed E-state index contributed by atoms with van der Waals surface area (Å²) in [5.74, 6) is 1.00. The van der Waals surface area contributed by atoms with Crippen LogP contribution in [-0.4, -0.2) is 41.0 Å². The van der Waals surface area contributed by atoms with Crippen molar-refractivity contribution in [1.82, 2.24) is 20.2 Å². The maximum absolute atomic E-state index is 4.71. The highest BCUT2D eigenvalue weighted by atomic mass is 15.2. The Hall–Kier alpha value is -1.00. The first-order valence-electron chi connectivity index (χ1n) is 6.90. The molecule has 1 unspecified atom stereocenters. The van der Waals surface area contributed by atoms with Crippen molar-refractivity contribution in [3.8, 4) is 0 Å². The molecule has 0 amide bonds. The first-order chi connectivity index (χ1) is 8.63. The zero-order valence-electron chi connectivity index (χ0n) is 12.0. The van der Waals surface area contributed by atoms with Gasteiger partial charge in [0.15, 0.2) is 0 Å². The van der Waals surface area contributed by atoms with E-state index in [4.69, 9.17) is 9.97 Å². The van der Waals surface area contributed by atoms with E-state index >= 15 is 0 Å². The lowest BCUT2D eigenvalue weighted by molar-refractivity contribution is 0.162. The van der Waals surface area contributed by atoms with Crippen LogP contribution in [0.5, 0.6) is 0 Å². The number of aryl methyl sites for hydroxylation is 2. The van der Waals surface area contributed by atoms with Gasteiger partial charge in [0.05, 0.1) is 6.04 Å². The van der Waals surface area contributed by atoms with E-state index in [9.17, 15) is 0 Å². The van der Waals surface area contributed by atoms with Gasteiger partial charge in [-0.25, -0.2) is 9.97 Å². The first kappa shape index (κ1) is 13.4. The fourth-order valence-corrected chi connectivity index (χ4v) is 2.55. The van der Waals surface area contributed by atoms with E-state index in [0.29, 0.717) is 6.04 Å². The first-order valence-corrected chi connectivity index (χ1v) is 6.90. The number of nitrogens with one attached hydrogen (secondary N) is 1. The SMILES string of the molecule is CCC(c1nc(C)c(C)c(C)n1)N1CCNCC1. The van der Waals surface area contributed by atoms with Crippen LogP contribution in [0.15, 0.2) is 0 Å². The second-order valence-corrected chi connectivity index (χ2v) is 5.09. The van der Waals surface area contributed by atoms with Crippen molar-refractivity contribution in [2.24, 2.45) is 0 Å². The number of rotatable bonds is 3. The highest BCUT2D eigenvalue weighted by Crippen LogP contribution is 2.23. The van der Waals surface area contributed by atoms with Crippen LogP contribution in [0.25, 0.3) is 0 Å². The Labute approximate surface area is 110 Å². The Morgan fingerprint density at radius 3 is 2.17 bits per heavy atom. The van der Waals surface area contributed by atoms with Gasteiger partial charge in [-0.2, -0.15) is 0 Å². The topological polar surface area (TPSA) is 41.1 Å². The predicted octanol–water partition coefficient (Wildman–Crippen LogP) is 1.76. The van der Waals surface area contributed by atoms with Crippen molar-refractivity contribution in [3.63, 3.8) is 0 Å². The molecular formula is C14H24N4. The third kappa shape index (κ3) is 2.70. The summed E-state index contributed by atoms with van der Waals surface area (Å²) in [6.07, 6.45) is 1.07. The van der Waals surface area contributed by atoms with Gasteiger partial charge in [0.2, 0.25) is 0 Å². The van der Waals surface area contributed by atoms with Gasteiger partial charge < -0.3 is 5.32 Å². The summed E-state index contributed by atoms with van der Waals surface area (Å²) < 4.78 is 0. The van der Waals surface area contributed by atoms with Gasteiger partial charge in [0.25, 0.3) is 0 Å². The summed E-state index contributed by atoms with van der Waals surface area (Å²) in [5.41, 5.74) is 3.45.